The number of nitrogens with zero attached hydrogens (tertiary/aromatic N) is 6. The number of amides is 2. The highest BCUT2D eigenvalue weighted by Crippen LogP contribution is 2.31. The van der Waals surface area contributed by atoms with E-state index in [9.17, 15) is 9.18 Å². The Hall–Kier alpha value is -3.33. The molecule has 2 unspecified atom stereocenters. The van der Waals surface area contributed by atoms with Crippen LogP contribution in [0.3, 0.4) is 0 Å². The fraction of sp³-hybridized carbons (Fsp3) is 0.364. The predicted octanol–water partition coefficient (Wildman–Crippen LogP) is 2.69. The zero-order chi connectivity index (χ0) is 21.5. The number of carbonyl (C=O) groups excluding carboxylic acids is 1. The van der Waals surface area contributed by atoms with Gasteiger partial charge in [0.2, 0.25) is 0 Å². The molecule has 0 radical (unpaired) electrons. The van der Waals surface area contributed by atoms with E-state index in [1.165, 1.54) is 12.1 Å². The largest absolute Gasteiger partial charge is 0.329 e. The van der Waals surface area contributed by atoms with Gasteiger partial charge in [-0.15, -0.1) is 0 Å². The van der Waals surface area contributed by atoms with E-state index in [1.54, 1.807) is 29.6 Å². The molecule has 9 heteroatoms. The highest BCUT2D eigenvalue weighted by atomic mass is 19.1. The van der Waals surface area contributed by atoms with Crippen molar-refractivity contribution in [1.82, 2.24) is 25.1 Å². The average Bonchev–Trinajstić information content (AvgIpc) is 3.32. The number of hydrogen-bond acceptors (Lipinski definition) is 6. The van der Waals surface area contributed by atoms with Crippen molar-refractivity contribution < 1.29 is 9.18 Å². The summed E-state index contributed by atoms with van der Waals surface area (Å²) in [5, 5.41) is 3.00. The van der Waals surface area contributed by atoms with Gasteiger partial charge in [-0.05, 0) is 36.6 Å². The quantitative estimate of drug-likeness (QED) is 0.822. The first-order chi connectivity index (χ1) is 15.0. The second-order valence-corrected chi connectivity index (χ2v) is 8.36. The first-order valence-corrected chi connectivity index (χ1v) is 10.4. The maximum atomic E-state index is 13.5. The first-order valence-electron chi connectivity index (χ1n) is 10.4. The first kappa shape index (κ1) is 19.6. The lowest BCUT2D eigenvalue weighted by molar-refractivity contribution is 0.216. The summed E-state index contributed by atoms with van der Waals surface area (Å²) in [6, 6.07) is 4.47. The molecule has 2 amide bonds. The van der Waals surface area contributed by atoms with Gasteiger partial charge in [0.1, 0.15) is 18.3 Å². The lowest BCUT2D eigenvalue weighted by Gasteiger charge is -2.28. The topological polar surface area (TPSA) is 77.0 Å². The van der Waals surface area contributed by atoms with E-state index in [0.29, 0.717) is 24.2 Å². The molecule has 4 heterocycles. The molecule has 31 heavy (non-hydrogen) atoms. The number of carbonyl (C=O) groups is 1. The lowest BCUT2D eigenvalue weighted by Crippen LogP contribution is -2.49. The number of likely N-dealkylation sites (tertiary alicyclic amines) is 1. The number of aromatic nitrogens is 2. The fourth-order valence-electron chi connectivity index (χ4n) is 4.52. The molecule has 1 saturated heterocycles. The Morgan fingerprint density at radius 2 is 2.13 bits per heavy atom. The Morgan fingerprint density at radius 1 is 1.26 bits per heavy atom. The van der Waals surface area contributed by atoms with Crippen LogP contribution in [0, 0.1) is 24.6 Å². The number of benzene rings is 1. The maximum Gasteiger partial charge on any atom is 0.329 e. The smallest absolute Gasteiger partial charge is 0.325 e. The van der Waals surface area contributed by atoms with Gasteiger partial charge in [0.25, 0.3) is 0 Å². The van der Waals surface area contributed by atoms with Gasteiger partial charge >= 0.3 is 6.03 Å². The van der Waals surface area contributed by atoms with Crippen LogP contribution in [0.4, 0.5) is 14.9 Å². The third-order valence-corrected chi connectivity index (χ3v) is 6.07. The standard InChI is InChI=1S/C22H24FN7O/c1-14-7-16(23)3-4-19(14)29-12-20-26-21(27-22(31)30(20)13-29)18-11-28(9-15(18)2)10-17-8-24-5-6-25-17/h3-8,12,15,18H,9-11,13H2,1-2H3,(H,26,27,31). The Bertz CT molecular complexity index is 1070. The van der Waals surface area contributed by atoms with Crippen LogP contribution in [0.25, 0.3) is 0 Å². The van der Waals surface area contributed by atoms with Gasteiger partial charge in [0.15, 0.2) is 5.82 Å². The number of nitrogens with one attached hydrogen (secondary N) is 1. The molecule has 0 aliphatic carbocycles. The van der Waals surface area contributed by atoms with Gasteiger partial charge in [-0.25, -0.2) is 14.2 Å². The van der Waals surface area contributed by atoms with Crippen LogP contribution in [0.1, 0.15) is 18.2 Å². The molecule has 160 valence electrons. The summed E-state index contributed by atoms with van der Waals surface area (Å²) >= 11 is 0. The lowest BCUT2D eigenvalue weighted by atomic mass is 9.96. The molecule has 1 aromatic carbocycles. The molecule has 3 aliphatic heterocycles. The van der Waals surface area contributed by atoms with E-state index in [-0.39, 0.29) is 17.8 Å². The molecular weight excluding hydrogens is 397 g/mol. The summed E-state index contributed by atoms with van der Waals surface area (Å²) in [6.07, 6.45) is 7.01. The van der Waals surface area contributed by atoms with Crippen LogP contribution in [-0.2, 0) is 6.54 Å². The van der Waals surface area contributed by atoms with Gasteiger partial charge in [0.05, 0.1) is 5.69 Å². The third-order valence-electron chi connectivity index (χ3n) is 6.07. The molecule has 5 rings (SSSR count). The maximum absolute atomic E-state index is 13.5. The second kappa shape index (κ2) is 7.73. The number of anilines is 1. The van der Waals surface area contributed by atoms with Crippen LogP contribution in [0.15, 0.2) is 53.8 Å². The summed E-state index contributed by atoms with van der Waals surface area (Å²) in [4.78, 5) is 31.9. The number of hydrogen-bond donors (Lipinski definition) is 1. The van der Waals surface area contributed by atoms with Crippen molar-refractivity contribution in [2.24, 2.45) is 16.8 Å². The number of aryl methyl sites for hydroxylation is 1. The van der Waals surface area contributed by atoms with E-state index in [4.69, 9.17) is 4.99 Å². The molecule has 3 aliphatic rings. The fourth-order valence-corrected chi connectivity index (χ4v) is 4.52. The minimum Gasteiger partial charge on any atom is -0.325 e. The predicted molar refractivity (Wildman–Crippen MR) is 114 cm³/mol. The van der Waals surface area contributed by atoms with Crippen LogP contribution >= 0.6 is 0 Å². The third kappa shape index (κ3) is 3.76. The summed E-state index contributed by atoms with van der Waals surface area (Å²) < 4.78 is 13.5. The number of rotatable bonds is 4. The van der Waals surface area contributed by atoms with E-state index in [1.807, 2.05) is 18.0 Å². The van der Waals surface area contributed by atoms with E-state index < -0.39 is 0 Å². The highest BCUT2D eigenvalue weighted by molar-refractivity contribution is 6.02. The molecule has 2 atom stereocenters. The summed E-state index contributed by atoms with van der Waals surface area (Å²) in [5.74, 6) is 1.52. The Labute approximate surface area is 180 Å². The Kier molecular flexibility index (Phi) is 4.90. The van der Waals surface area contributed by atoms with Crippen LogP contribution < -0.4 is 10.2 Å². The average molecular weight is 421 g/mol. The zero-order valence-electron chi connectivity index (χ0n) is 17.5. The van der Waals surface area contributed by atoms with Gasteiger partial charge in [0, 0.05) is 56.0 Å². The minimum atomic E-state index is -0.273. The highest BCUT2D eigenvalue weighted by Gasteiger charge is 2.39. The van der Waals surface area contributed by atoms with Crippen molar-refractivity contribution in [3.63, 3.8) is 0 Å². The molecule has 0 bridgehead atoms. The van der Waals surface area contributed by atoms with Crippen molar-refractivity contribution in [3.8, 4) is 0 Å². The monoisotopic (exact) mass is 421 g/mol. The zero-order valence-corrected chi connectivity index (χ0v) is 17.5. The molecular formula is C22H24FN7O. The van der Waals surface area contributed by atoms with Crippen molar-refractivity contribution in [3.05, 3.63) is 65.9 Å². The molecule has 8 nitrogen and oxygen atoms in total. The van der Waals surface area contributed by atoms with Crippen LogP contribution in [-0.4, -0.2) is 51.4 Å². The normalized spacial score (nSPS) is 23.5. The summed E-state index contributed by atoms with van der Waals surface area (Å²) in [6.45, 7) is 6.81. The minimum absolute atomic E-state index is 0.130. The summed E-state index contributed by atoms with van der Waals surface area (Å²) in [5.41, 5.74) is 2.60. The van der Waals surface area contributed by atoms with Crippen molar-refractivity contribution in [2.45, 2.75) is 20.4 Å². The van der Waals surface area contributed by atoms with E-state index in [2.05, 4.69) is 27.1 Å². The van der Waals surface area contributed by atoms with Gasteiger partial charge < -0.3 is 4.90 Å². The van der Waals surface area contributed by atoms with Gasteiger partial charge in [-0.3, -0.25) is 25.1 Å². The summed E-state index contributed by atoms with van der Waals surface area (Å²) in [7, 11) is 0. The van der Waals surface area contributed by atoms with Crippen molar-refractivity contribution in [1.29, 1.82) is 0 Å². The van der Waals surface area contributed by atoms with Gasteiger partial charge in [-0.1, -0.05) is 6.92 Å². The second-order valence-electron chi connectivity index (χ2n) is 8.36. The van der Waals surface area contributed by atoms with Gasteiger partial charge in [-0.2, -0.15) is 0 Å². The van der Waals surface area contributed by atoms with Crippen molar-refractivity contribution >= 4 is 17.6 Å². The molecule has 1 aromatic heterocycles. The van der Waals surface area contributed by atoms with Crippen molar-refractivity contribution in [2.75, 3.05) is 24.7 Å². The molecule has 1 N–H and O–H groups in total. The molecule has 1 fully saturated rings. The number of halogens is 1. The molecule has 0 spiro atoms. The Balaban J connectivity index is 1.35. The number of urea groups is 1. The molecule has 2 aromatic rings. The SMILES string of the molecule is Cc1cc(F)ccc1N1C=C2N=C(C3CN(Cc4cnccn4)CC3C)NC(=O)N2C1. The van der Waals surface area contributed by atoms with E-state index >= 15 is 0 Å². The number of fused-ring (bicyclic) bond motifs is 1. The van der Waals surface area contributed by atoms with E-state index in [0.717, 1.165) is 36.6 Å². The number of amidine groups is 1. The molecule has 0 saturated carbocycles. The van der Waals surface area contributed by atoms with Crippen LogP contribution in [0.2, 0.25) is 0 Å². The Morgan fingerprint density at radius 3 is 2.90 bits per heavy atom. The van der Waals surface area contributed by atoms with Crippen LogP contribution in [0.5, 0.6) is 0 Å². The number of aliphatic imine (C=N–C) groups is 1.